The average Bonchev–Trinajstić information content (AvgIpc) is 3.16. The summed E-state index contributed by atoms with van der Waals surface area (Å²) in [4.78, 5) is 32.3. The molecule has 0 bridgehead atoms. The lowest BCUT2D eigenvalue weighted by Gasteiger charge is -2.18. The van der Waals surface area contributed by atoms with E-state index >= 15 is 0 Å². The lowest BCUT2D eigenvalue weighted by Crippen LogP contribution is -2.28. The van der Waals surface area contributed by atoms with Crippen molar-refractivity contribution >= 4 is 44.7 Å². The summed E-state index contributed by atoms with van der Waals surface area (Å²) in [7, 11) is 0. The molecular weight excluding hydrogens is 346 g/mol. The normalized spacial score (nSPS) is 17.1. The number of nitrogens with zero attached hydrogens (tertiary/aromatic N) is 2. The molecule has 3 aromatic rings. The Hall–Kier alpha value is -2.73. The fourth-order valence-electron chi connectivity index (χ4n) is 3.29. The third-order valence-corrected chi connectivity index (χ3v) is 5.80. The number of fused-ring (bicyclic) bond motifs is 1. The maximum absolute atomic E-state index is 12.6. The van der Waals surface area contributed by atoms with Gasteiger partial charge >= 0.3 is 0 Å². The molecule has 5 nitrogen and oxygen atoms in total. The van der Waals surface area contributed by atoms with E-state index in [0.29, 0.717) is 11.7 Å². The standard InChI is InChI=1S/C20H19N3O2S/c1-12-13(2)26-20(21-12)22-19(25)15-10-18(24)23(11-15)17-9-5-7-14-6-3-4-8-16(14)17/h3-9,15H,10-11H2,1-2H3,(H,21,22,25). The van der Waals surface area contributed by atoms with Crippen molar-refractivity contribution in [3.63, 3.8) is 0 Å². The molecule has 1 saturated heterocycles. The number of benzene rings is 2. The molecule has 1 aromatic heterocycles. The Morgan fingerprint density at radius 1 is 1.19 bits per heavy atom. The van der Waals surface area contributed by atoms with Crippen LogP contribution in [0.15, 0.2) is 42.5 Å². The molecule has 1 N–H and O–H groups in total. The third-order valence-electron chi connectivity index (χ3n) is 4.81. The highest BCUT2D eigenvalue weighted by Crippen LogP contribution is 2.32. The highest BCUT2D eigenvalue weighted by molar-refractivity contribution is 7.15. The number of carbonyl (C=O) groups excluding carboxylic acids is 2. The van der Waals surface area contributed by atoms with Crippen molar-refractivity contribution in [3.8, 4) is 0 Å². The monoisotopic (exact) mass is 365 g/mol. The van der Waals surface area contributed by atoms with Crippen LogP contribution in [0.2, 0.25) is 0 Å². The topological polar surface area (TPSA) is 62.3 Å². The first-order chi connectivity index (χ1) is 12.5. The minimum atomic E-state index is -0.369. The summed E-state index contributed by atoms with van der Waals surface area (Å²) in [6.45, 7) is 4.29. The number of thiazole rings is 1. The smallest absolute Gasteiger partial charge is 0.231 e. The first-order valence-electron chi connectivity index (χ1n) is 8.56. The lowest BCUT2D eigenvalue weighted by atomic mass is 10.1. The Kier molecular flexibility index (Phi) is 4.20. The van der Waals surface area contributed by atoms with E-state index < -0.39 is 0 Å². The second kappa shape index (κ2) is 6.53. The maximum Gasteiger partial charge on any atom is 0.231 e. The van der Waals surface area contributed by atoms with Gasteiger partial charge in [0.25, 0.3) is 0 Å². The second-order valence-electron chi connectivity index (χ2n) is 6.55. The summed E-state index contributed by atoms with van der Waals surface area (Å²) in [5, 5.41) is 5.57. The third kappa shape index (κ3) is 2.97. The molecule has 4 rings (SSSR count). The van der Waals surface area contributed by atoms with Crippen molar-refractivity contribution in [1.29, 1.82) is 0 Å². The Labute approximate surface area is 155 Å². The van der Waals surface area contributed by atoms with Gasteiger partial charge in [0.1, 0.15) is 0 Å². The van der Waals surface area contributed by atoms with Gasteiger partial charge in [-0.25, -0.2) is 4.98 Å². The average molecular weight is 365 g/mol. The summed E-state index contributed by atoms with van der Waals surface area (Å²) in [5.41, 5.74) is 1.79. The van der Waals surface area contributed by atoms with Crippen LogP contribution in [-0.4, -0.2) is 23.3 Å². The SMILES string of the molecule is Cc1nc(NC(=O)C2CC(=O)N(c3cccc4ccccc34)C2)sc1C. The zero-order valence-electron chi connectivity index (χ0n) is 14.7. The van der Waals surface area contributed by atoms with Gasteiger partial charge in [-0.15, -0.1) is 11.3 Å². The van der Waals surface area contributed by atoms with Crippen molar-refractivity contribution < 1.29 is 9.59 Å². The van der Waals surface area contributed by atoms with Gasteiger partial charge in [-0.05, 0) is 25.3 Å². The van der Waals surface area contributed by atoms with Crippen LogP contribution in [0.1, 0.15) is 17.0 Å². The van der Waals surface area contributed by atoms with Crippen LogP contribution in [-0.2, 0) is 9.59 Å². The molecule has 2 heterocycles. The van der Waals surface area contributed by atoms with Crippen molar-refractivity contribution in [2.24, 2.45) is 5.92 Å². The molecule has 1 fully saturated rings. The highest BCUT2D eigenvalue weighted by Gasteiger charge is 2.36. The molecule has 0 radical (unpaired) electrons. The first kappa shape index (κ1) is 16.7. The number of nitrogens with one attached hydrogen (secondary N) is 1. The molecule has 0 aliphatic carbocycles. The molecule has 2 amide bonds. The zero-order chi connectivity index (χ0) is 18.3. The highest BCUT2D eigenvalue weighted by atomic mass is 32.1. The Bertz CT molecular complexity index is 986. The molecule has 1 aliphatic heterocycles. The quantitative estimate of drug-likeness (QED) is 0.765. The van der Waals surface area contributed by atoms with Gasteiger partial charge in [-0.2, -0.15) is 0 Å². The second-order valence-corrected chi connectivity index (χ2v) is 7.76. The van der Waals surface area contributed by atoms with E-state index in [1.807, 2.05) is 56.3 Å². The van der Waals surface area contributed by atoms with Crippen LogP contribution >= 0.6 is 11.3 Å². The van der Waals surface area contributed by atoms with Gasteiger partial charge in [-0.1, -0.05) is 36.4 Å². The van der Waals surface area contributed by atoms with Gasteiger partial charge in [0.2, 0.25) is 11.8 Å². The molecule has 1 aliphatic rings. The van der Waals surface area contributed by atoms with E-state index in [0.717, 1.165) is 27.0 Å². The van der Waals surface area contributed by atoms with Gasteiger partial charge < -0.3 is 10.2 Å². The number of amides is 2. The number of hydrogen-bond donors (Lipinski definition) is 1. The van der Waals surface area contributed by atoms with Crippen molar-refractivity contribution in [3.05, 3.63) is 53.0 Å². The van der Waals surface area contributed by atoms with Gasteiger partial charge in [0.05, 0.1) is 17.3 Å². The number of rotatable bonds is 3. The van der Waals surface area contributed by atoms with E-state index in [1.54, 1.807) is 4.90 Å². The van der Waals surface area contributed by atoms with Crippen molar-refractivity contribution in [2.75, 3.05) is 16.8 Å². The molecule has 1 atom stereocenters. The number of hydrogen-bond acceptors (Lipinski definition) is 4. The van der Waals surface area contributed by atoms with Gasteiger partial charge in [-0.3, -0.25) is 9.59 Å². The van der Waals surface area contributed by atoms with E-state index in [-0.39, 0.29) is 24.2 Å². The molecule has 132 valence electrons. The maximum atomic E-state index is 12.6. The largest absolute Gasteiger partial charge is 0.311 e. The molecule has 26 heavy (non-hydrogen) atoms. The Morgan fingerprint density at radius 3 is 2.73 bits per heavy atom. The van der Waals surface area contributed by atoms with E-state index in [1.165, 1.54) is 11.3 Å². The predicted octanol–water partition coefficient (Wildman–Crippen LogP) is 3.90. The summed E-state index contributed by atoms with van der Waals surface area (Å²) >= 11 is 1.46. The summed E-state index contributed by atoms with van der Waals surface area (Å²) in [6.07, 6.45) is 0.221. The molecule has 6 heteroatoms. The molecule has 1 unspecified atom stereocenters. The zero-order valence-corrected chi connectivity index (χ0v) is 15.5. The number of carbonyl (C=O) groups is 2. The van der Waals surface area contributed by atoms with E-state index in [9.17, 15) is 9.59 Å². The van der Waals surface area contributed by atoms with Crippen molar-refractivity contribution in [1.82, 2.24) is 4.98 Å². The van der Waals surface area contributed by atoms with E-state index in [2.05, 4.69) is 10.3 Å². The molecule has 0 spiro atoms. The lowest BCUT2D eigenvalue weighted by molar-refractivity contribution is -0.122. The number of aromatic nitrogens is 1. The number of aryl methyl sites for hydroxylation is 2. The Balaban J connectivity index is 1.55. The van der Waals surface area contributed by atoms with Crippen LogP contribution in [0.3, 0.4) is 0 Å². The fourth-order valence-corrected chi connectivity index (χ4v) is 4.11. The van der Waals surface area contributed by atoms with Crippen LogP contribution in [0.25, 0.3) is 10.8 Å². The number of anilines is 2. The van der Waals surface area contributed by atoms with Crippen LogP contribution in [0.5, 0.6) is 0 Å². The fraction of sp³-hybridized carbons (Fsp3) is 0.250. The molecule has 0 saturated carbocycles. The van der Waals surface area contributed by atoms with Crippen LogP contribution < -0.4 is 10.2 Å². The molecule has 2 aromatic carbocycles. The summed E-state index contributed by atoms with van der Waals surface area (Å²) in [6, 6.07) is 13.9. The Morgan fingerprint density at radius 2 is 1.96 bits per heavy atom. The first-order valence-corrected chi connectivity index (χ1v) is 9.37. The van der Waals surface area contributed by atoms with Crippen LogP contribution in [0, 0.1) is 19.8 Å². The predicted molar refractivity (Wildman–Crippen MR) is 105 cm³/mol. The minimum Gasteiger partial charge on any atom is -0.311 e. The van der Waals surface area contributed by atoms with Gasteiger partial charge in [0, 0.05) is 23.2 Å². The van der Waals surface area contributed by atoms with Gasteiger partial charge in [0.15, 0.2) is 5.13 Å². The van der Waals surface area contributed by atoms with Crippen molar-refractivity contribution in [2.45, 2.75) is 20.3 Å². The summed E-state index contributed by atoms with van der Waals surface area (Å²) in [5.74, 6) is -0.533. The van der Waals surface area contributed by atoms with Crippen LogP contribution in [0.4, 0.5) is 10.8 Å². The van der Waals surface area contributed by atoms with E-state index in [4.69, 9.17) is 0 Å². The summed E-state index contributed by atoms with van der Waals surface area (Å²) < 4.78 is 0. The molecular formula is C20H19N3O2S. The minimum absolute atomic E-state index is 0.0204.